The van der Waals surface area contributed by atoms with Crippen LogP contribution in [0.25, 0.3) is 6.08 Å². The quantitative estimate of drug-likeness (QED) is 0.518. The highest BCUT2D eigenvalue weighted by Crippen LogP contribution is 2.23. The molecule has 0 spiro atoms. The Bertz CT molecular complexity index is 865. The SMILES string of the molecule is Cc1ccc(NC(=O)[C@@H](C)OC(=O)/C=C/c2ccc(Cl)c(Cl)c2)cc1Cl. The number of aryl methyl sites for hydroxylation is 1. The summed E-state index contributed by atoms with van der Waals surface area (Å²) in [4.78, 5) is 24.0. The van der Waals surface area contributed by atoms with Crippen molar-refractivity contribution in [2.45, 2.75) is 20.0 Å². The Hall–Kier alpha value is -2.01. The minimum atomic E-state index is -0.971. The van der Waals surface area contributed by atoms with Crippen LogP contribution >= 0.6 is 34.8 Å². The number of carbonyl (C=O) groups is 2. The van der Waals surface area contributed by atoms with Crippen LogP contribution in [0, 0.1) is 6.92 Å². The van der Waals surface area contributed by atoms with Crippen LogP contribution < -0.4 is 5.32 Å². The molecule has 0 aliphatic heterocycles. The molecule has 2 aromatic carbocycles. The van der Waals surface area contributed by atoms with Gasteiger partial charge in [-0.2, -0.15) is 0 Å². The lowest BCUT2D eigenvalue weighted by atomic mass is 10.2. The standard InChI is InChI=1S/C19H16Cl3NO3/c1-11-3-6-14(10-16(11)21)23-19(25)12(2)26-18(24)8-5-13-4-7-15(20)17(22)9-13/h3-10,12H,1-2H3,(H,23,25)/b8-5+/t12-/m1/s1. The molecule has 0 radical (unpaired) electrons. The molecule has 0 aliphatic rings. The minimum absolute atomic E-state index is 0.381. The number of carbonyl (C=O) groups excluding carboxylic acids is 2. The second-order valence-electron chi connectivity index (χ2n) is 5.54. The van der Waals surface area contributed by atoms with Gasteiger partial charge in [0.15, 0.2) is 6.10 Å². The first-order chi connectivity index (χ1) is 12.3. The van der Waals surface area contributed by atoms with E-state index in [9.17, 15) is 9.59 Å². The molecule has 1 atom stereocenters. The van der Waals surface area contributed by atoms with Gasteiger partial charge < -0.3 is 10.1 Å². The number of hydrogen-bond acceptors (Lipinski definition) is 3. The van der Waals surface area contributed by atoms with Gasteiger partial charge in [-0.05, 0) is 55.3 Å². The van der Waals surface area contributed by atoms with E-state index < -0.39 is 18.0 Å². The van der Waals surface area contributed by atoms with E-state index in [0.29, 0.717) is 26.3 Å². The van der Waals surface area contributed by atoms with Gasteiger partial charge in [-0.25, -0.2) is 4.79 Å². The van der Waals surface area contributed by atoms with Gasteiger partial charge in [-0.15, -0.1) is 0 Å². The number of esters is 1. The van der Waals surface area contributed by atoms with Gasteiger partial charge in [0.25, 0.3) is 5.91 Å². The van der Waals surface area contributed by atoms with Crippen LogP contribution in [-0.2, 0) is 14.3 Å². The van der Waals surface area contributed by atoms with Gasteiger partial charge in [-0.3, -0.25) is 4.79 Å². The zero-order chi connectivity index (χ0) is 19.3. The monoisotopic (exact) mass is 411 g/mol. The Morgan fingerprint density at radius 2 is 1.77 bits per heavy atom. The summed E-state index contributed by atoms with van der Waals surface area (Å²) in [5.74, 6) is -1.11. The minimum Gasteiger partial charge on any atom is -0.449 e. The number of amides is 1. The van der Waals surface area contributed by atoms with Gasteiger partial charge in [0.05, 0.1) is 10.0 Å². The Morgan fingerprint density at radius 3 is 2.42 bits per heavy atom. The Morgan fingerprint density at radius 1 is 1.04 bits per heavy atom. The fourth-order valence-corrected chi connectivity index (χ4v) is 2.45. The van der Waals surface area contributed by atoms with E-state index >= 15 is 0 Å². The molecule has 1 N–H and O–H groups in total. The van der Waals surface area contributed by atoms with Crippen molar-refractivity contribution in [2.24, 2.45) is 0 Å². The van der Waals surface area contributed by atoms with Gasteiger partial charge in [0, 0.05) is 16.8 Å². The summed E-state index contributed by atoms with van der Waals surface area (Å²) in [6.45, 7) is 3.34. The number of nitrogens with one attached hydrogen (secondary N) is 1. The maximum Gasteiger partial charge on any atom is 0.331 e. The third-order valence-electron chi connectivity index (χ3n) is 3.46. The fraction of sp³-hybridized carbons (Fsp3) is 0.158. The highest BCUT2D eigenvalue weighted by molar-refractivity contribution is 6.42. The third kappa shape index (κ3) is 5.77. The van der Waals surface area contributed by atoms with Crippen LogP contribution in [0.3, 0.4) is 0 Å². The molecule has 1 amide bonds. The molecule has 4 nitrogen and oxygen atoms in total. The predicted octanol–water partition coefficient (Wildman–Crippen LogP) is 5.54. The van der Waals surface area contributed by atoms with Gasteiger partial charge in [0.2, 0.25) is 0 Å². The molecule has 0 heterocycles. The van der Waals surface area contributed by atoms with Gasteiger partial charge in [-0.1, -0.05) is 46.9 Å². The maximum atomic E-state index is 12.1. The number of benzene rings is 2. The zero-order valence-electron chi connectivity index (χ0n) is 14.1. The molecular weight excluding hydrogens is 397 g/mol. The second-order valence-corrected chi connectivity index (χ2v) is 6.76. The van der Waals surface area contributed by atoms with E-state index in [-0.39, 0.29) is 0 Å². The molecule has 0 fully saturated rings. The first kappa shape index (κ1) is 20.3. The summed E-state index contributed by atoms with van der Waals surface area (Å²) < 4.78 is 5.08. The molecule has 0 unspecified atom stereocenters. The van der Waals surface area contributed by atoms with Crippen LogP contribution in [0.5, 0.6) is 0 Å². The van der Waals surface area contributed by atoms with E-state index in [4.69, 9.17) is 39.5 Å². The van der Waals surface area contributed by atoms with E-state index in [1.807, 2.05) is 6.92 Å². The van der Waals surface area contributed by atoms with Gasteiger partial charge >= 0.3 is 5.97 Å². The summed E-state index contributed by atoms with van der Waals surface area (Å²) in [5.41, 5.74) is 2.11. The average molecular weight is 413 g/mol. The van der Waals surface area contributed by atoms with Crippen molar-refractivity contribution >= 4 is 58.4 Å². The lowest BCUT2D eigenvalue weighted by Gasteiger charge is -2.13. The number of anilines is 1. The molecule has 136 valence electrons. The second kappa shape index (κ2) is 9.08. The van der Waals surface area contributed by atoms with Crippen molar-refractivity contribution < 1.29 is 14.3 Å². The molecule has 0 saturated heterocycles. The van der Waals surface area contributed by atoms with Crippen molar-refractivity contribution in [3.8, 4) is 0 Å². The Balaban J connectivity index is 1.92. The van der Waals surface area contributed by atoms with E-state index in [1.165, 1.54) is 19.1 Å². The molecule has 0 aliphatic carbocycles. The molecule has 7 heteroatoms. The summed E-state index contributed by atoms with van der Waals surface area (Å²) >= 11 is 17.8. The number of halogens is 3. The molecule has 0 bridgehead atoms. The number of rotatable bonds is 5. The first-order valence-corrected chi connectivity index (χ1v) is 8.80. The smallest absolute Gasteiger partial charge is 0.331 e. The zero-order valence-corrected chi connectivity index (χ0v) is 16.3. The Kier molecular flexibility index (Phi) is 7.09. The molecule has 0 aromatic heterocycles. The summed E-state index contributed by atoms with van der Waals surface area (Å²) in [7, 11) is 0. The van der Waals surface area contributed by atoms with Crippen molar-refractivity contribution in [3.63, 3.8) is 0 Å². The van der Waals surface area contributed by atoms with Crippen molar-refractivity contribution in [2.75, 3.05) is 5.32 Å². The molecular formula is C19H16Cl3NO3. The van der Waals surface area contributed by atoms with E-state index in [2.05, 4.69) is 5.32 Å². The molecule has 26 heavy (non-hydrogen) atoms. The Labute approximate surface area is 166 Å². The lowest BCUT2D eigenvalue weighted by molar-refractivity contribution is -0.148. The number of ether oxygens (including phenoxy) is 1. The number of hydrogen-bond donors (Lipinski definition) is 1. The van der Waals surface area contributed by atoms with Crippen LogP contribution in [0.4, 0.5) is 5.69 Å². The van der Waals surface area contributed by atoms with Crippen LogP contribution in [0.15, 0.2) is 42.5 Å². The van der Waals surface area contributed by atoms with E-state index in [0.717, 1.165) is 5.56 Å². The topological polar surface area (TPSA) is 55.4 Å². The molecule has 2 aromatic rings. The molecule has 2 rings (SSSR count). The summed E-state index contributed by atoms with van der Waals surface area (Å²) in [6.07, 6.45) is 1.77. The van der Waals surface area contributed by atoms with Crippen LogP contribution in [0.2, 0.25) is 15.1 Å². The summed E-state index contributed by atoms with van der Waals surface area (Å²) in [6, 6.07) is 10.1. The van der Waals surface area contributed by atoms with Crippen LogP contribution in [0.1, 0.15) is 18.1 Å². The maximum absolute atomic E-state index is 12.1. The first-order valence-electron chi connectivity index (χ1n) is 7.67. The van der Waals surface area contributed by atoms with Crippen LogP contribution in [-0.4, -0.2) is 18.0 Å². The van der Waals surface area contributed by atoms with Crippen molar-refractivity contribution in [1.29, 1.82) is 0 Å². The third-order valence-corrected chi connectivity index (χ3v) is 4.60. The highest BCUT2D eigenvalue weighted by atomic mass is 35.5. The average Bonchev–Trinajstić information content (AvgIpc) is 2.59. The largest absolute Gasteiger partial charge is 0.449 e. The normalized spacial score (nSPS) is 12.0. The van der Waals surface area contributed by atoms with Crippen molar-refractivity contribution in [3.05, 3.63) is 68.7 Å². The summed E-state index contributed by atoms with van der Waals surface area (Å²) in [5, 5.41) is 3.99. The van der Waals surface area contributed by atoms with Gasteiger partial charge in [0.1, 0.15) is 0 Å². The lowest BCUT2D eigenvalue weighted by Crippen LogP contribution is -2.29. The highest BCUT2D eigenvalue weighted by Gasteiger charge is 2.17. The van der Waals surface area contributed by atoms with Crippen molar-refractivity contribution in [1.82, 2.24) is 0 Å². The molecule has 0 saturated carbocycles. The predicted molar refractivity (Wildman–Crippen MR) is 106 cm³/mol. The van der Waals surface area contributed by atoms with E-state index in [1.54, 1.807) is 36.4 Å². The fourth-order valence-electron chi connectivity index (χ4n) is 1.96.